The number of aryl methyl sites for hydroxylation is 2. The Balaban J connectivity index is 1.49. The van der Waals surface area contributed by atoms with Crippen molar-refractivity contribution in [2.24, 2.45) is 0 Å². The third-order valence-electron chi connectivity index (χ3n) is 4.74. The molecule has 2 amide bonds. The molecule has 152 valence electrons. The zero-order valence-electron chi connectivity index (χ0n) is 16.8. The van der Waals surface area contributed by atoms with Crippen LogP contribution in [0.25, 0.3) is 5.82 Å². The number of amides is 2. The van der Waals surface area contributed by atoms with E-state index in [9.17, 15) is 4.79 Å². The summed E-state index contributed by atoms with van der Waals surface area (Å²) in [6, 6.07) is 5.38. The van der Waals surface area contributed by atoms with E-state index in [0.717, 1.165) is 29.3 Å². The van der Waals surface area contributed by atoms with Gasteiger partial charge in [-0.15, -0.1) is 10.2 Å². The first kappa shape index (κ1) is 19.1. The maximum absolute atomic E-state index is 12.8. The first-order valence-electron chi connectivity index (χ1n) is 9.52. The summed E-state index contributed by atoms with van der Waals surface area (Å²) in [5, 5.41) is 15.9. The van der Waals surface area contributed by atoms with Crippen molar-refractivity contribution in [2.75, 3.05) is 25.6 Å². The molecule has 0 radical (unpaired) electrons. The van der Waals surface area contributed by atoms with E-state index in [1.165, 1.54) is 0 Å². The van der Waals surface area contributed by atoms with Gasteiger partial charge in [-0.25, -0.2) is 9.78 Å². The Morgan fingerprint density at radius 3 is 2.97 bits per heavy atom. The number of pyridine rings is 1. The minimum absolute atomic E-state index is 0.263. The minimum atomic E-state index is -0.263. The molecular weight excluding hydrogens is 372 g/mol. The molecule has 0 saturated carbocycles. The predicted molar refractivity (Wildman–Crippen MR) is 106 cm³/mol. The maximum atomic E-state index is 12.8. The molecule has 10 nitrogen and oxygen atoms in total. The highest BCUT2D eigenvalue weighted by Crippen LogP contribution is 2.17. The van der Waals surface area contributed by atoms with Crippen molar-refractivity contribution in [1.29, 1.82) is 0 Å². The number of nitrogens with one attached hydrogen (secondary N) is 1. The highest BCUT2D eigenvalue weighted by atomic mass is 16.5. The number of anilines is 1. The molecular formula is C19H24N8O2. The smallest absolute Gasteiger partial charge is 0.323 e. The number of nitrogens with zero attached hydrogens (tertiary/aromatic N) is 7. The van der Waals surface area contributed by atoms with Gasteiger partial charge in [0.25, 0.3) is 0 Å². The molecule has 0 bridgehead atoms. The highest BCUT2D eigenvalue weighted by molar-refractivity contribution is 5.88. The summed E-state index contributed by atoms with van der Waals surface area (Å²) < 4.78 is 9.15. The van der Waals surface area contributed by atoms with Crippen LogP contribution >= 0.6 is 0 Å². The predicted octanol–water partition coefficient (Wildman–Crippen LogP) is 1.71. The lowest BCUT2D eigenvalue weighted by molar-refractivity contribution is 0.139. The number of aromatic nitrogens is 6. The van der Waals surface area contributed by atoms with E-state index in [-0.39, 0.29) is 6.03 Å². The van der Waals surface area contributed by atoms with Gasteiger partial charge in [0.05, 0.1) is 25.5 Å². The standard InChI is InChI=1S/C19H24N8O2/c1-13-4-6-20-16(10-13)27-17(11-14(2)24-27)21-19(28)25(3)12-18-23-22-15-5-8-29-9-7-26(15)18/h4,6,10-11H,5,7-9,12H2,1-3H3,(H,21,28). The molecule has 0 spiro atoms. The van der Waals surface area contributed by atoms with Crippen LogP contribution in [-0.4, -0.2) is 60.7 Å². The number of rotatable bonds is 4. The molecule has 0 unspecified atom stereocenters. The van der Waals surface area contributed by atoms with Crippen molar-refractivity contribution in [1.82, 2.24) is 34.4 Å². The summed E-state index contributed by atoms with van der Waals surface area (Å²) in [7, 11) is 1.72. The molecule has 4 rings (SSSR count). The van der Waals surface area contributed by atoms with Crippen LogP contribution in [-0.2, 0) is 24.2 Å². The molecule has 3 aromatic rings. The number of hydrogen-bond acceptors (Lipinski definition) is 6. The number of fused-ring (bicyclic) bond motifs is 1. The van der Waals surface area contributed by atoms with Crippen molar-refractivity contribution >= 4 is 11.8 Å². The minimum Gasteiger partial charge on any atom is -0.379 e. The van der Waals surface area contributed by atoms with E-state index in [1.54, 1.807) is 22.8 Å². The Hall–Kier alpha value is -3.27. The van der Waals surface area contributed by atoms with Crippen LogP contribution < -0.4 is 5.32 Å². The van der Waals surface area contributed by atoms with Gasteiger partial charge >= 0.3 is 6.03 Å². The third-order valence-corrected chi connectivity index (χ3v) is 4.74. The van der Waals surface area contributed by atoms with Crippen LogP contribution in [0.1, 0.15) is 22.9 Å². The molecule has 4 heterocycles. The van der Waals surface area contributed by atoms with Crippen LogP contribution in [0.15, 0.2) is 24.4 Å². The third kappa shape index (κ3) is 4.11. The maximum Gasteiger partial charge on any atom is 0.323 e. The summed E-state index contributed by atoms with van der Waals surface area (Å²) in [6.07, 6.45) is 2.45. The van der Waals surface area contributed by atoms with E-state index in [1.807, 2.05) is 36.6 Å². The molecule has 1 aliphatic heterocycles. The molecule has 3 aromatic heterocycles. The van der Waals surface area contributed by atoms with E-state index in [2.05, 4.69) is 25.6 Å². The van der Waals surface area contributed by atoms with Gasteiger partial charge in [0, 0.05) is 32.3 Å². The second-order valence-corrected chi connectivity index (χ2v) is 7.11. The van der Waals surface area contributed by atoms with Gasteiger partial charge in [0.15, 0.2) is 11.6 Å². The fraction of sp³-hybridized carbons (Fsp3) is 0.421. The molecule has 10 heteroatoms. The largest absolute Gasteiger partial charge is 0.379 e. The zero-order chi connectivity index (χ0) is 20.4. The SMILES string of the molecule is Cc1ccnc(-n2nc(C)cc2NC(=O)N(C)Cc2nnc3n2CCOCC3)c1. The summed E-state index contributed by atoms with van der Waals surface area (Å²) in [5.74, 6) is 2.85. The van der Waals surface area contributed by atoms with Crippen LogP contribution in [0, 0.1) is 13.8 Å². The fourth-order valence-electron chi connectivity index (χ4n) is 3.24. The van der Waals surface area contributed by atoms with Crippen molar-refractivity contribution in [3.63, 3.8) is 0 Å². The molecule has 0 atom stereocenters. The summed E-state index contributed by atoms with van der Waals surface area (Å²) in [5.41, 5.74) is 1.85. The first-order chi connectivity index (χ1) is 14.0. The Labute approximate surface area is 168 Å². The average molecular weight is 396 g/mol. The van der Waals surface area contributed by atoms with Gasteiger partial charge in [-0.05, 0) is 31.5 Å². The lowest BCUT2D eigenvalue weighted by Crippen LogP contribution is -2.32. The van der Waals surface area contributed by atoms with Crippen LogP contribution in [0.4, 0.5) is 10.6 Å². The van der Waals surface area contributed by atoms with Gasteiger partial charge in [-0.2, -0.15) is 9.78 Å². The van der Waals surface area contributed by atoms with Gasteiger partial charge in [0.1, 0.15) is 11.6 Å². The molecule has 0 saturated heterocycles. The van der Waals surface area contributed by atoms with Crippen molar-refractivity contribution in [2.45, 2.75) is 33.4 Å². The second kappa shape index (κ2) is 8.00. The molecule has 1 N–H and O–H groups in total. The van der Waals surface area contributed by atoms with Crippen LogP contribution in [0.3, 0.4) is 0 Å². The lowest BCUT2D eigenvalue weighted by Gasteiger charge is -2.18. The summed E-state index contributed by atoms with van der Waals surface area (Å²) in [6.45, 7) is 6.16. The molecule has 0 fully saturated rings. The van der Waals surface area contributed by atoms with Crippen molar-refractivity contribution in [3.8, 4) is 5.82 Å². The Kier molecular flexibility index (Phi) is 5.26. The van der Waals surface area contributed by atoms with E-state index in [4.69, 9.17) is 4.74 Å². The number of carbonyl (C=O) groups is 1. The second-order valence-electron chi connectivity index (χ2n) is 7.11. The van der Waals surface area contributed by atoms with Crippen LogP contribution in [0.5, 0.6) is 0 Å². The highest BCUT2D eigenvalue weighted by Gasteiger charge is 2.19. The monoisotopic (exact) mass is 396 g/mol. The summed E-state index contributed by atoms with van der Waals surface area (Å²) in [4.78, 5) is 18.7. The van der Waals surface area contributed by atoms with Gasteiger partial charge < -0.3 is 14.2 Å². The topological polar surface area (TPSA) is 103 Å². The van der Waals surface area contributed by atoms with Crippen molar-refractivity contribution in [3.05, 3.63) is 47.3 Å². The number of carbonyl (C=O) groups excluding carboxylic acids is 1. The quantitative estimate of drug-likeness (QED) is 0.720. The van der Waals surface area contributed by atoms with Gasteiger partial charge in [-0.1, -0.05) is 0 Å². The van der Waals surface area contributed by atoms with E-state index >= 15 is 0 Å². The Morgan fingerprint density at radius 2 is 2.14 bits per heavy atom. The fourth-order valence-corrected chi connectivity index (χ4v) is 3.24. The summed E-state index contributed by atoms with van der Waals surface area (Å²) >= 11 is 0. The number of hydrogen-bond donors (Lipinski definition) is 1. The molecule has 1 aliphatic rings. The van der Waals surface area contributed by atoms with Gasteiger partial charge in [-0.3, -0.25) is 5.32 Å². The molecule has 0 aliphatic carbocycles. The Morgan fingerprint density at radius 1 is 1.28 bits per heavy atom. The molecule has 0 aromatic carbocycles. The first-order valence-corrected chi connectivity index (χ1v) is 9.52. The van der Waals surface area contributed by atoms with Gasteiger partial charge in [0.2, 0.25) is 0 Å². The number of urea groups is 1. The van der Waals surface area contributed by atoms with E-state index in [0.29, 0.717) is 37.9 Å². The lowest BCUT2D eigenvalue weighted by atomic mass is 10.3. The number of ether oxygens (including phenoxy) is 1. The molecule has 29 heavy (non-hydrogen) atoms. The Bertz CT molecular complexity index is 1030. The van der Waals surface area contributed by atoms with Crippen LogP contribution in [0.2, 0.25) is 0 Å². The van der Waals surface area contributed by atoms with E-state index < -0.39 is 0 Å². The zero-order valence-corrected chi connectivity index (χ0v) is 16.8. The van der Waals surface area contributed by atoms with Crippen molar-refractivity contribution < 1.29 is 9.53 Å². The average Bonchev–Trinajstić information content (AvgIpc) is 3.15. The normalized spacial score (nSPS) is 13.6.